The zero-order valence-corrected chi connectivity index (χ0v) is 11.9. The quantitative estimate of drug-likeness (QED) is 0.877. The molecule has 0 bridgehead atoms. The molecule has 6 heteroatoms. The molecule has 2 aromatic rings. The van der Waals surface area contributed by atoms with Crippen molar-refractivity contribution >= 4 is 11.6 Å². The molecule has 1 heterocycles. The number of benzene rings is 1. The van der Waals surface area contributed by atoms with Crippen LogP contribution in [-0.2, 0) is 6.42 Å². The van der Waals surface area contributed by atoms with Gasteiger partial charge in [0.05, 0.1) is 7.11 Å². The highest BCUT2D eigenvalue weighted by molar-refractivity contribution is 6.01. The van der Waals surface area contributed by atoms with Crippen molar-refractivity contribution in [1.29, 1.82) is 0 Å². The number of nitrogens with zero attached hydrogens (tertiary/aromatic N) is 2. The molecule has 2 N–H and O–H groups in total. The van der Waals surface area contributed by atoms with E-state index >= 15 is 0 Å². The van der Waals surface area contributed by atoms with Crippen LogP contribution in [0.25, 0.3) is 0 Å². The first-order valence-electron chi connectivity index (χ1n) is 6.51. The maximum Gasteiger partial charge on any atom is 0.295 e. The van der Waals surface area contributed by atoms with Crippen molar-refractivity contribution in [3.8, 4) is 5.75 Å². The standard InChI is InChI=1S/C14H18N4O2/c1-4-5-12-16-13(18-17-12)14(19)15-10-6-7-11(20-3)9(2)8-10/h6-8H,4-5H2,1-3H3,(H,15,19)(H,16,17,18). The Balaban J connectivity index is 2.08. The van der Waals surface area contributed by atoms with Crippen molar-refractivity contribution in [3.05, 3.63) is 35.4 Å². The summed E-state index contributed by atoms with van der Waals surface area (Å²) in [6, 6.07) is 5.44. The first kappa shape index (κ1) is 14.0. The Morgan fingerprint density at radius 1 is 1.45 bits per heavy atom. The number of ether oxygens (including phenoxy) is 1. The van der Waals surface area contributed by atoms with E-state index in [-0.39, 0.29) is 11.7 Å². The molecule has 0 aliphatic heterocycles. The van der Waals surface area contributed by atoms with E-state index in [0.29, 0.717) is 5.69 Å². The van der Waals surface area contributed by atoms with Crippen molar-refractivity contribution in [3.63, 3.8) is 0 Å². The Morgan fingerprint density at radius 3 is 2.90 bits per heavy atom. The Hall–Kier alpha value is -2.37. The van der Waals surface area contributed by atoms with Gasteiger partial charge in [-0.1, -0.05) is 6.92 Å². The third-order valence-electron chi connectivity index (χ3n) is 2.87. The smallest absolute Gasteiger partial charge is 0.295 e. The van der Waals surface area contributed by atoms with Gasteiger partial charge >= 0.3 is 0 Å². The predicted octanol–water partition coefficient (Wildman–Crippen LogP) is 2.33. The largest absolute Gasteiger partial charge is 0.496 e. The number of H-pyrrole nitrogens is 1. The van der Waals surface area contributed by atoms with Crippen molar-refractivity contribution in [2.24, 2.45) is 0 Å². The number of carbonyl (C=O) groups excluding carboxylic acids is 1. The van der Waals surface area contributed by atoms with Crippen molar-refractivity contribution in [1.82, 2.24) is 15.2 Å². The van der Waals surface area contributed by atoms with Crippen LogP contribution >= 0.6 is 0 Å². The van der Waals surface area contributed by atoms with E-state index in [9.17, 15) is 4.79 Å². The lowest BCUT2D eigenvalue weighted by atomic mass is 10.2. The fraction of sp³-hybridized carbons (Fsp3) is 0.357. The highest BCUT2D eigenvalue weighted by atomic mass is 16.5. The van der Waals surface area contributed by atoms with Gasteiger partial charge in [0.15, 0.2) is 0 Å². The van der Waals surface area contributed by atoms with Crippen LogP contribution in [0.4, 0.5) is 5.69 Å². The summed E-state index contributed by atoms with van der Waals surface area (Å²) in [6.07, 6.45) is 1.73. The van der Waals surface area contributed by atoms with Crippen LogP contribution in [0.2, 0.25) is 0 Å². The van der Waals surface area contributed by atoms with Crippen molar-refractivity contribution in [2.45, 2.75) is 26.7 Å². The first-order valence-corrected chi connectivity index (χ1v) is 6.51. The Labute approximate surface area is 117 Å². The number of hydrogen-bond donors (Lipinski definition) is 2. The second kappa shape index (κ2) is 6.18. The summed E-state index contributed by atoms with van der Waals surface area (Å²) in [6.45, 7) is 3.96. The summed E-state index contributed by atoms with van der Waals surface area (Å²) in [5.41, 5.74) is 1.64. The van der Waals surface area contributed by atoms with Gasteiger partial charge < -0.3 is 10.1 Å². The molecule has 20 heavy (non-hydrogen) atoms. The summed E-state index contributed by atoms with van der Waals surface area (Å²) in [4.78, 5) is 16.2. The molecule has 0 radical (unpaired) electrons. The lowest BCUT2D eigenvalue weighted by molar-refractivity contribution is 0.101. The van der Waals surface area contributed by atoms with Crippen LogP contribution in [0.1, 0.15) is 35.4 Å². The SMILES string of the molecule is CCCc1nc(C(=O)Nc2ccc(OC)c(C)c2)n[nH]1. The molecule has 0 saturated carbocycles. The molecule has 0 fully saturated rings. The van der Waals surface area contributed by atoms with Gasteiger partial charge in [-0.15, -0.1) is 5.10 Å². The molecule has 0 saturated heterocycles. The van der Waals surface area contributed by atoms with Crippen LogP contribution in [0.3, 0.4) is 0 Å². The Bertz CT molecular complexity index is 607. The molecule has 106 valence electrons. The molecule has 0 aliphatic rings. The van der Waals surface area contributed by atoms with E-state index < -0.39 is 0 Å². The first-order chi connectivity index (χ1) is 9.63. The predicted molar refractivity (Wildman–Crippen MR) is 76.1 cm³/mol. The zero-order chi connectivity index (χ0) is 14.5. The second-order valence-corrected chi connectivity index (χ2v) is 4.49. The van der Waals surface area contributed by atoms with Gasteiger partial charge in [0, 0.05) is 12.1 Å². The summed E-state index contributed by atoms with van der Waals surface area (Å²) in [5.74, 6) is 1.34. The maximum absolute atomic E-state index is 12.0. The van der Waals surface area contributed by atoms with E-state index in [2.05, 4.69) is 20.5 Å². The van der Waals surface area contributed by atoms with Crippen molar-refractivity contribution < 1.29 is 9.53 Å². The van der Waals surface area contributed by atoms with Gasteiger partial charge in [-0.05, 0) is 37.1 Å². The van der Waals surface area contributed by atoms with Crippen LogP contribution in [0, 0.1) is 6.92 Å². The maximum atomic E-state index is 12.0. The fourth-order valence-corrected chi connectivity index (χ4v) is 1.89. The minimum Gasteiger partial charge on any atom is -0.496 e. The minimum atomic E-state index is -0.326. The number of aromatic nitrogens is 3. The van der Waals surface area contributed by atoms with Crippen LogP contribution in [0.5, 0.6) is 5.75 Å². The van der Waals surface area contributed by atoms with E-state index in [4.69, 9.17) is 4.74 Å². The van der Waals surface area contributed by atoms with Gasteiger partial charge in [0.2, 0.25) is 5.82 Å². The van der Waals surface area contributed by atoms with Gasteiger partial charge in [-0.2, -0.15) is 0 Å². The summed E-state index contributed by atoms with van der Waals surface area (Å²) in [7, 11) is 1.61. The number of anilines is 1. The number of nitrogens with one attached hydrogen (secondary N) is 2. The summed E-state index contributed by atoms with van der Waals surface area (Å²) < 4.78 is 5.18. The van der Waals surface area contributed by atoms with E-state index in [1.165, 1.54) is 0 Å². The molecule has 1 amide bonds. The average molecular weight is 274 g/mol. The second-order valence-electron chi connectivity index (χ2n) is 4.49. The topological polar surface area (TPSA) is 79.9 Å². The summed E-state index contributed by atoms with van der Waals surface area (Å²) >= 11 is 0. The number of hydrogen-bond acceptors (Lipinski definition) is 4. The van der Waals surface area contributed by atoms with Crippen molar-refractivity contribution in [2.75, 3.05) is 12.4 Å². The number of amides is 1. The molecular weight excluding hydrogens is 256 g/mol. The molecule has 0 unspecified atom stereocenters. The molecule has 2 rings (SSSR count). The molecule has 0 spiro atoms. The van der Waals surface area contributed by atoms with E-state index in [1.807, 2.05) is 26.0 Å². The Morgan fingerprint density at radius 2 is 2.25 bits per heavy atom. The Kier molecular flexibility index (Phi) is 4.34. The minimum absolute atomic E-state index is 0.155. The van der Waals surface area contributed by atoms with Gasteiger partial charge in [-0.25, -0.2) is 4.98 Å². The number of rotatable bonds is 5. The van der Waals surface area contributed by atoms with Crippen LogP contribution in [-0.4, -0.2) is 28.2 Å². The number of aromatic amines is 1. The van der Waals surface area contributed by atoms with Gasteiger partial charge in [0.25, 0.3) is 5.91 Å². The molecule has 0 aliphatic carbocycles. The molecule has 1 aromatic heterocycles. The zero-order valence-electron chi connectivity index (χ0n) is 11.9. The lowest BCUT2D eigenvalue weighted by Crippen LogP contribution is -2.14. The van der Waals surface area contributed by atoms with E-state index in [0.717, 1.165) is 30.0 Å². The number of methoxy groups -OCH3 is 1. The van der Waals surface area contributed by atoms with Crippen LogP contribution < -0.4 is 10.1 Å². The average Bonchev–Trinajstić information content (AvgIpc) is 2.88. The van der Waals surface area contributed by atoms with Gasteiger partial charge in [-0.3, -0.25) is 9.89 Å². The monoisotopic (exact) mass is 274 g/mol. The van der Waals surface area contributed by atoms with Gasteiger partial charge in [0.1, 0.15) is 11.6 Å². The number of aryl methyl sites for hydroxylation is 2. The molecule has 1 aromatic carbocycles. The van der Waals surface area contributed by atoms with Crippen LogP contribution in [0.15, 0.2) is 18.2 Å². The third kappa shape index (κ3) is 3.14. The summed E-state index contributed by atoms with van der Waals surface area (Å²) in [5, 5.41) is 9.44. The normalized spacial score (nSPS) is 10.3. The molecule has 0 atom stereocenters. The number of carbonyl (C=O) groups is 1. The van der Waals surface area contributed by atoms with E-state index in [1.54, 1.807) is 13.2 Å². The lowest BCUT2D eigenvalue weighted by Gasteiger charge is -2.07. The molecular formula is C14H18N4O2. The highest BCUT2D eigenvalue weighted by Crippen LogP contribution is 2.21. The highest BCUT2D eigenvalue weighted by Gasteiger charge is 2.12. The fourth-order valence-electron chi connectivity index (χ4n) is 1.89. The molecule has 6 nitrogen and oxygen atoms in total. The third-order valence-corrected chi connectivity index (χ3v) is 2.87.